The zero-order valence-electron chi connectivity index (χ0n) is 11.9. The summed E-state index contributed by atoms with van der Waals surface area (Å²) in [5, 5.41) is 10.8. The molecule has 0 spiro atoms. The normalized spacial score (nSPS) is 16.7. The van der Waals surface area contributed by atoms with E-state index >= 15 is 0 Å². The molecule has 0 amide bonds. The summed E-state index contributed by atoms with van der Waals surface area (Å²) in [4.78, 5) is 0. The van der Waals surface area contributed by atoms with Crippen molar-refractivity contribution in [3.63, 3.8) is 0 Å². The molecule has 0 atom stereocenters. The number of benzene rings is 1. The minimum Gasteiger partial charge on any atom is -0.388 e. The van der Waals surface area contributed by atoms with Gasteiger partial charge in [0.15, 0.2) is 0 Å². The van der Waals surface area contributed by atoms with E-state index in [9.17, 15) is 0 Å². The van der Waals surface area contributed by atoms with Gasteiger partial charge >= 0.3 is 0 Å². The average molecular weight is 280 g/mol. The zero-order valence-corrected chi connectivity index (χ0v) is 12.7. The quantitative estimate of drug-likeness (QED) is 0.667. The molecule has 104 valence electrons. The van der Waals surface area contributed by atoms with Gasteiger partial charge in [0.1, 0.15) is 0 Å². The van der Waals surface area contributed by atoms with Gasteiger partial charge in [-0.05, 0) is 38.0 Å². The third-order valence-electron chi connectivity index (χ3n) is 3.80. The van der Waals surface area contributed by atoms with Gasteiger partial charge in [0.05, 0.1) is 5.71 Å². The van der Waals surface area contributed by atoms with Gasteiger partial charge in [-0.1, -0.05) is 24.4 Å². The first-order chi connectivity index (χ1) is 9.11. The van der Waals surface area contributed by atoms with Crippen molar-refractivity contribution >= 4 is 23.0 Å². The second-order valence-corrected chi connectivity index (χ2v) is 5.57. The SMILES string of the molecule is CNc1ccc(Cl)cc1/C(C)=N/N(C)C1CCCC1. The Morgan fingerprint density at radius 3 is 2.68 bits per heavy atom. The number of rotatable bonds is 4. The van der Waals surface area contributed by atoms with Crippen LogP contribution in [0.15, 0.2) is 23.3 Å². The van der Waals surface area contributed by atoms with E-state index in [1.807, 2.05) is 32.2 Å². The summed E-state index contributed by atoms with van der Waals surface area (Å²) in [6, 6.07) is 6.44. The minimum atomic E-state index is 0.590. The molecule has 1 aromatic rings. The van der Waals surface area contributed by atoms with Crippen LogP contribution in [-0.4, -0.2) is 30.9 Å². The fourth-order valence-corrected chi connectivity index (χ4v) is 2.86. The predicted octanol–water partition coefficient (Wildman–Crippen LogP) is 3.98. The lowest BCUT2D eigenvalue weighted by atomic mass is 10.1. The Balaban J connectivity index is 2.22. The van der Waals surface area contributed by atoms with Crippen molar-refractivity contribution in [1.82, 2.24) is 5.01 Å². The van der Waals surface area contributed by atoms with E-state index in [2.05, 4.69) is 17.4 Å². The van der Waals surface area contributed by atoms with Gasteiger partial charge in [-0.2, -0.15) is 5.10 Å². The van der Waals surface area contributed by atoms with Crippen LogP contribution in [0.1, 0.15) is 38.2 Å². The van der Waals surface area contributed by atoms with E-state index in [1.165, 1.54) is 25.7 Å². The summed E-state index contributed by atoms with van der Waals surface area (Å²) in [7, 11) is 3.99. The highest BCUT2D eigenvalue weighted by Crippen LogP contribution is 2.24. The molecule has 1 aromatic carbocycles. The maximum Gasteiger partial charge on any atom is 0.0667 e. The molecule has 1 aliphatic carbocycles. The number of hydrogen-bond acceptors (Lipinski definition) is 3. The Bertz CT molecular complexity index is 464. The average Bonchev–Trinajstić information content (AvgIpc) is 2.92. The molecule has 1 saturated carbocycles. The zero-order chi connectivity index (χ0) is 13.8. The molecule has 1 aliphatic rings. The van der Waals surface area contributed by atoms with Gasteiger partial charge in [-0.15, -0.1) is 0 Å². The molecular weight excluding hydrogens is 258 g/mol. The third kappa shape index (κ3) is 3.41. The van der Waals surface area contributed by atoms with Crippen LogP contribution in [0.2, 0.25) is 5.02 Å². The van der Waals surface area contributed by atoms with E-state index in [1.54, 1.807) is 0 Å². The molecule has 3 nitrogen and oxygen atoms in total. The van der Waals surface area contributed by atoms with Crippen molar-refractivity contribution in [3.05, 3.63) is 28.8 Å². The second kappa shape index (κ2) is 6.29. The lowest BCUT2D eigenvalue weighted by molar-refractivity contribution is 0.257. The predicted molar refractivity (Wildman–Crippen MR) is 83.2 cm³/mol. The number of nitrogens with zero attached hydrogens (tertiary/aromatic N) is 2. The lowest BCUT2D eigenvalue weighted by Crippen LogP contribution is -2.25. The van der Waals surface area contributed by atoms with E-state index in [-0.39, 0.29) is 0 Å². The summed E-state index contributed by atoms with van der Waals surface area (Å²) in [6.45, 7) is 2.04. The molecule has 1 fully saturated rings. The van der Waals surface area contributed by atoms with Crippen molar-refractivity contribution in [3.8, 4) is 0 Å². The largest absolute Gasteiger partial charge is 0.388 e. The smallest absolute Gasteiger partial charge is 0.0667 e. The summed E-state index contributed by atoms with van der Waals surface area (Å²) in [5.74, 6) is 0. The Morgan fingerprint density at radius 1 is 1.37 bits per heavy atom. The van der Waals surface area contributed by atoms with Gasteiger partial charge in [0.25, 0.3) is 0 Å². The maximum absolute atomic E-state index is 6.09. The number of halogens is 1. The van der Waals surface area contributed by atoms with Crippen molar-refractivity contribution in [2.45, 2.75) is 38.6 Å². The van der Waals surface area contributed by atoms with E-state index in [0.29, 0.717) is 6.04 Å². The van der Waals surface area contributed by atoms with Crippen LogP contribution in [0.25, 0.3) is 0 Å². The molecule has 2 rings (SSSR count). The highest BCUT2D eigenvalue weighted by Gasteiger charge is 2.19. The van der Waals surface area contributed by atoms with Crippen molar-refractivity contribution in [1.29, 1.82) is 0 Å². The fraction of sp³-hybridized carbons (Fsp3) is 0.533. The van der Waals surface area contributed by atoms with Crippen LogP contribution in [-0.2, 0) is 0 Å². The Morgan fingerprint density at radius 2 is 2.05 bits per heavy atom. The van der Waals surface area contributed by atoms with Crippen LogP contribution in [0.3, 0.4) is 0 Å². The molecule has 0 aromatic heterocycles. The number of nitrogens with one attached hydrogen (secondary N) is 1. The summed E-state index contributed by atoms with van der Waals surface area (Å²) >= 11 is 6.09. The number of anilines is 1. The molecule has 4 heteroatoms. The highest BCUT2D eigenvalue weighted by molar-refractivity contribution is 6.31. The van der Waals surface area contributed by atoms with E-state index < -0.39 is 0 Å². The molecule has 1 N–H and O–H groups in total. The Labute approximate surface area is 120 Å². The third-order valence-corrected chi connectivity index (χ3v) is 4.04. The molecule has 0 bridgehead atoms. The van der Waals surface area contributed by atoms with Gasteiger partial charge < -0.3 is 5.32 Å². The van der Waals surface area contributed by atoms with Crippen LogP contribution in [0.5, 0.6) is 0 Å². The van der Waals surface area contributed by atoms with Gasteiger partial charge in [-0.25, -0.2) is 0 Å². The summed E-state index contributed by atoms with van der Waals surface area (Å²) < 4.78 is 0. The van der Waals surface area contributed by atoms with E-state index in [4.69, 9.17) is 16.7 Å². The summed E-state index contributed by atoms with van der Waals surface area (Å²) in [5.41, 5.74) is 3.13. The molecule has 0 aliphatic heterocycles. The molecular formula is C15H22ClN3. The van der Waals surface area contributed by atoms with Crippen LogP contribution < -0.4 is 5.32 Å². The van der Waals surface area contributed by atoms with Gasteiger partial charge in [-0.3, -0.25) is 5.01 Å². The molecule has 19 heavy (non-hydrogen) atoms. The number of hydrogen-bond donors (Lipinski definition) is 1. The lowest BCUT2D eigenvalue weighted by Gasteiger charge is -2.22. The Kier molecular flexibility index (Phi) is 4.70. The minimum absolute atomic E-state index is 0.590. The van der Waals surface area contributed by atoms with Crippen molar-refractivity contribution < 1.29 is 0 Å². The first kappa shape index (κ1) is 14.2. The van der Waals surface area contributed by atoms with Gasteiger partial charge in [0, 0.05) is 36.4 Å². The van der Waals surface area contributed by atoms with Crippen LogP contribution in [0.4, 0.5) is 5.69 Å². The molecule has 0 radical (unpaired) electrons. The maximum atomic E-state index is 6.09. The van der Waals surface area contributed by atoms with Gasteiger partial charge in [0.2, 0.25) is 0 Å². The van der Waals surface area contributed by atoms with Crippen LogP contribution in [0, 0.1) is 0 Å². The topological polar surface area (TPSA) is 27.6 Å². The second-order valence-electron chi connectivity index (χ2n) is 5.14. The van der Waals surface area contributed by atoms with Crippen LogP contribution >= 0.6 is 11.6 Å². The molecule has 0 saturated heterocycles. The Hall–Kier alpha value is -1.22. The number of hydrazone groups is 1. The van der Waals surface area contributed by atoms with Crippen molar-refractivity contribution in [2.75, 3.05) is 19.4 Å². The summed E-state index contributed by atoms with van der Waals surface area (Å²) in [6.07, 6.45) is 5.15. The first-order valence-electron chi connectivity index (χ1n) is 6.87. The van der Waals surface area contributed by atoms with Crippen molar-refractivity contribution in [2.24, 2.45) is 5.10 Å². The fourth-order valence-electron chi connectivity index (χ4n) is 2.68. The molecule has 0 heterocycles. The monoisotopic (exact) mass is 279 g/mol. The van der Waals surface area contributed by atoms with E-state index in [0.717, 1.165) is 22.0 Å². The first-order valence-corrected chi connectivity index (χ1v) is 7.25. The molecule has 0 unspecified atom stereocenters. The highest BCUT2D eigenvalue weighted by atomic mass is 35.5. The standard InChI is InChI=1S/C15H22ClN3/c1-11(18-19(3)13-6-4-5-7-13)14-10-12(16)8-9-15(14)17-2/h8-10,13,17H,4-7H2,1-3H3/b18-11+.